The summed E-state index contributed by atoms with van der Waals surface area (Å²) in [6.45, 7) is 1.79. The second-order valence-electron chi connectivity index (χ2n) is 3.99. The largest absolute Gasteiger partial charge is 0.398 e. The highest BCUT2D eigenvalue weighted by Crippen LogP contribution is 2.20. The molecule has 0 spiro atoms. The summed E-state index contributed by atoms with van der Waals surface area (Å²) >= 11 is 0. The van der Waals surface area contributed by atoms with Crippen molar-refractivity contribution in [3.8, 4) is 0 Å². The minimum atomic E-state index is -3.65. The van der Waals surface area contributed by atoms with Crippen molar-refractivity contribution in [2.45, 2.75) is 11.8 Å². The number of nitrogens with two attached hydrogens (primary N) is 1. The molecule has 1 aromatic rings. The fraction of sp³-hybridized carbons (Fsp3) is 0.400. The lowest BCUT2D eigenvalue weighted by Gasteiger charge is -2.07. The summed E-state index contributed by atoms with van der Waals surface area (Å²) in [5.74, 6) is -0.845. The van der Waals surface area contributed by atoms with Crippen molar-refractivity contribution in [2.75, 3.05) is 23.5 Å². The molecule has 96 valence electrons. The molecule has 7 heteroatoms. The average Bonchev–Trinajstić information content (AvgIpc) is 2.13. The third kappa shape index (κ3) is 4.01. The van der Waals surface area contributed by atoms with Gasteiger partial charge in [0.05, 0.1) is 22.1 Å². The normalized spacial score (nSPS) is 12.6. The van der Waals surface area contributed by atoms with Gasteiger partial charge in [-0.05, 0) is 24.6 Å². The Hall–Kier alpha value is -1.08. The van der Waals surface area contributed by atoms with Gasteiger partial charge < -0.3 is 5.73 Å². The number of sulfone groups is 2. The van der Waals surface area contributed by atoms with Crippen LogP contribution in [0, 0.1) is 6.92 Å². The van der Waals surface area contributed by atoms with E-state index in [9.17, 15) is 16.8 Å². The summed E-state index contributed by atoms with van der Waals surface area (Å²) < 4.78 is 45.6. The maximum atomic E-state index is 11.9. The van der Waals surface area contributed by atoms with Gasteiger partial charge in [0.15, 0.2) is 9.84 Å². The Morgan fingerprint density at radius 2 is 1.71 bits per heavy atom. The first-order valence-corrected chi connectivity index (χ1v) is 8.60. The third-order valence-corrected chi connectivity index (χ3v) is 5.21. The highest BCUT2D eigenvalue weighted by molar-refractivity contribution is 7.94. The lowest BCUT2D eigenvalue weighted by Crippen LogP contribution is -2.17. The molecular formula is C10H15NO4S2. The molecular weight excluding hydrogens is 262 g/mol. The Bertz CT molecular complexity index is 618. The van der Waals surface area contributed by atoms with E-state index in [1.165, 1.54) is 6.07 Å². The maximum Gasteiger partial charge on any atom is 0.181 e. The zero-order valence-corrected chi connectivity index (χ0v) is 11.3. The van der Waals surface area contributed by atoms with Gasteiger partial charge in [-0.25, -0.2) is 16.8 Å². The van der Waals surface area contributed by atoms with Gasteiger partial charge in [0.25, 0.3) is 0 Å². The Morgan fingerprint density at radius 1 is 1.12 bits per heavy atom. The Morgan fingerprint density at radius 3 is 2.18 bits per heavy atom. The van der Waals surface area contributed by atoms with E-state index in [0.29, 0.717) is 0 Å². The summed E-state index contributed by atoms with van der Waals surface area (Å²) in [6.07, 6.45) is 1.00. The van der Waals surface area contributed by atoms with Crippen molar-refractivity contribution in [1.82, 2.24) is 0 Å². The van der Waals surface area contributed by atoms with Crippen molar-refractivity contribution in [3.05, 3.63) is 23.8 Å². The predicted molar refractivity (Wildman–Crippen MR) is 67.4 cm³/mol. The van der Waals surface area contributed by atoms with Gasteiger partial charge in [-0.15, -0.1) is 0 Å². The average molecular weight is 277 g/mol. The molecule has 0 atom stereocenters. The van der Waals surface area contributed by atoms with Gasteiger partial charge in [0.1, 0.15) is 9.84 Å². The van der Waals surface area contributed by atoms with E-state index in [1.54, 1.807) is 19.1 Å². The van der Waals surface area contributed by atoms with E-state index in [0.717, 1.165) is 11.8 Å². The highest BCUT2D eigenvalue weighted by Gasteiger charge is 2.19. The predicted octanol–water partition coefficient (Wildman–Crippen LogP) is 0.396. The second-order valence-corrected chi connectivity index (χ2v) is 8.33. The third-order valence-electron chi connectivity index (χ3n) is 2.22. The maximum absolute atomic E-state index is 11.9. The first kappa shape index (κ1) is 14.0. The molecule has 1 aromatic carbocycles. The monoisotopic (exact) mass is 277 g/mol. The molecule has 1 rings (SSSR count). The van der Waals surface area contributed by atoms with E-state index < -0.39 is 31.2 Å². The first-order chi connectivity index (χ1) is 7.62. The highest BCUT2D eigenvalue weighted by atomic mass is 32.2. The topological polar surface area (TPSA) is 94.3 Å². The van der Waals surface area contributed by atoms with Crippen LogP contribution in [0.2, 0.25) is 0 Å². The number of rotatable bonds is 4. The Labute approximate surface area is 101 Å². The van der Waals surface area contributed by atoms with Crippen LogP contribution in [-0.2, 0) is 19.7 Å². The second kappa shape index (κ2) is 4.66. The van der Waals surface area contributed by atoms with E-state index in [1.807, 2.05) is 0 Å². The number of benzene rings is 1. The molecule has 17 heavy (non-hydrogen) atoms. The molecule has 0 aromatic heterocycles. The van der Waals surface area contributed by atoms with Crippen LogP contribution in [0.15, 0.2) is 23.1 Å². The van der Waals surface area contributed by atoms with Crippen LogP contribution in [0.25, 0.3) is 0 Å². The van der Waals surface area contributed by atoms with Gasteiger partial charge in [0, 0.05) is 6.26 Å². The number of hydrogen-bond acceptors (Lipinski definition) is 5. The zero-order valence-electron chi connectivity index (χ0n) is 9.67. The smallest absolute Gasteiger partial charge is 0.181 e. The van der Waals surface area contributed by atoms with Gasteiger partial charge in [0.2, 0.25) is 0 Å². The summed E-state index contributed by atoms with van der Waals surface area (Å²) in [4.78, 5) is -0.00764. The van der Waals surface area contributed by atoms with Crippen LogP contribution in [0.3, 0.4) is 0 Å². The molecule has 0 bridgehead atoms. The molecule has 0 aliphatic carbocycles. The van der Waals surface area contributed by atoms with Crippen LogP contribution >= 0.6 is 0 Å². The first-order valence-electron chi connectivity index (χ1n) is 4.88. The van der Waals surface area contributed by atoms with Crippen molar-refractivity contribution in [2.24, 2.45) is 0 Å². The van der Waals surface area contributed by atoms with Crippen molar-refractivity contribution in [1.29, 1.82) is 0 Å². The quantitative estimate of drug-likeness (QED) is 0.804. The van der Waals surface area contributed by atoms with E-state index in [-0.39, 0.29) is 10.6 Å². The SMILES string of the molecule is Cc1ccc(S(=O)(=O)CCS(C)(=O)=O)c(N)c1. The zero-order chi connectivity index (χ0) is 13.3. The fourth-order valence-corrected chi connectivity index (χ4v) is 4.32. The molecule has 0 radical (unpaired) electrons. The van der Waals surface area contributed by atoms with Gasteiger partial charge >= 0.3 is 0 Å². The van der Waals surface area contributed by atoms with E-state index in [4.69, 9.17) is 5.73 Å². The molecule has 0 heterocycles. The molecule has 0 aliphatic rings. The molecule has 0 saturated heterocycles. The van der Waals surface area contributed by atoms with Crippen LogP contribution in [0.4, 0.5) is 5.69 Å². The van der Waals surface area contributed by atoms with Crippen molar-refractivity contribution >= 4 is 25.4 Å². The van der Waals surface area contributed by atoms with Crippen molar-refractivity contribution < 1.29 is 16.8 Å². The lowest BCUT2D eigenvalue weighted by molar-refractivity contribution is 0.590. The Kier molecular flexibility index (Phi) is 3.83. The molecule has 0 aliphatic heterocycles. The molecule has 0 saturated carbocycles. The molecule has 0 unspecified atom stereocenters. The number of hydrogen-bond donors (Lipinski definition) is 1. The van der Waals surface area contributed by atoms with Crippen LogP contribution in [0.5, 0.6) is 0 Å². The van der Waals surface area contributed by atoms with E-state index >= 15 is 0 Å². The summed E-state index contributed by atoms with van der Waals surface area (Å²) in [5, 5.41) is 0. The van der Waals surface area contributed by atoms with Crippen LogP contribution in [-0.4, -0.2) is 34.6 Å². The van der Waals surface area contributed by atoms with Crippen LogP contribution < -0.4 is 5.73 Å². The van der Waals surface area contributed by atoms with Crippen molar-refractivity contribution in [3.63, 3.8) is 0 Å². The standard InChI is InChI=1S/C10H15NO4S2/c1-8-3-4-10(9(11)7-8)17(14,15)6-5-16(2,12)13/h3-4,7H,5-6,11H2,1-2H3. The number of anilines is 1. The molecule has 0 fully saturated rings. The van der Waals surface area contributed by atoms with E-state index in [2.05, 4.69) is 0 Å². The van der Waals surface area contributed by atoms with Gasteiger partial charge in [-0.1, -0.05) is 6.07 Å². The molecule has 0 amide bonds. The summed E-state index contributed by atoms with van der Waals surface area (Å²) in [6, 6.07) is 4.58. The minimum absolute atomic E-state index is 0.00764. The van der Waals surface area contributed by atoms with Gasteiger partial charge in [-0.3, -0.25) is 0 Å². The molecule has 2 N–H and O–H groups in total. The van der Waals surface area contributed by atoms with Crippen LogP contribution in [0.1, 0.15) is 5.56 Å². The number of aryl methyl sites for hydroxylation is 1. The Balaban J connectivity index is 3.06. The minimum Gasteiger partial charge on any atom is -0.398 e. The lowest BCUT2D eigenvalue weighted by atomic mass is 10.2. The number of nitrogen functional groups attached to an aromatic ring is 1. The summed E-state index contributed by atoms with van der Waals surface area (Å²) in [7, 11) is -6.95. The molecule has 5 nitrogen and oxygen atoms in total. The fourth-order valence-electron chi connectivity index (χ4n) is 1.32. The summed E-state index contributed by atoms with van der Waals surface area (Å²) in [5.41, 5.74) is 6.62. The van der Waals surface area contributed by atoms with Gasteiger partial charge in [-0.2, -0.15) is 0 Å².